The van der Waals surface area contributed by atoms with E-state index < -0.39 is 0 Å². The molecule has 0 N–H and O–H groups in total. The molecule has 2 amide bonds. The predicted octanol–water partition coefficient (Wildman–Crippen LogP) is 1.99. The van der Waals surface area contributed by atoms with Crippen LogP contribution in [0.2, 0.25) is 0 Å². The lowest BCUT2D eigenvalue weighted by Gasteiger charge is -2.35. The first kappa shape index (κ1) is 13.9. The summed E-state index contributed by atoms with van der Waals surface area (Å²) in [4.78, 5) is 28.2. The lowest BCUT2D eigenvalue weighted by molar-refractivity contribution is -0.134. The van der Waals surface area contributed by atoms with Crippen molar-refractivity contribution >= 4 is 34.4 Å². The third-order valence-electron chi connectivity index (χ3n) is 3.91. The van der Waals surface area contributed by atoms with Crippen molar-refractivity contribution in [3.8, 4) is 0 Å². The standard InChI is InChI=1S/C15H17IN2O2/c16-13-4-2-1-3-12(13)15(20)18-9-7-17(8-10-18)14(19)11-5-6-11/h1-4,11H,5-10H2. The van der Waals surface area contributed by atoms with Crippen molar-refractivity contribution in [1.82, 2.24) is 9.80 Å². The van der Waals surface area contributed by atoms with Gasteiger partial charge < -0.3 is 9.80 Å². The highest BCUT2D eigenvalue weighted by atomic mass is 127. The van der Waals surface area contributed by atoms with Crippen LogP contribution in [-0.2, 0) is 4.79 Å². The van der Waals surface area contributed by atoms with Crippen molar-refractivity contribution in [2.45, 2.75) is 12.8 Å². The normalized spacial score (nSPS) is 19.1. The zero-order valence-electron chi connectivity index (χ0n) is 11.2. The molecule has 20 heavy (non-hydrogen) atoms. The average molecular weight is 384 g/mol. The summed E-state index contributed by atoms with van der Waals surface area (Å²) in [5.41, 5.74) is 0.759. The van der Waals surface area contributed by atoms with Crippen LogP contribution in [0.1, 0.15) is 23.2 Å². The molecule has 1 saturated carbocycles. The summed E-state index contributed by atoms with van der Waals surface area (Å²) < 4.78 is 0.978. The predicted molar refractivity (Wildman–Crippen MR) is 84.4 cm³/mol. The van der Waals surface area contributed by atoms with Crippen LogP contribution in [0.25, 0.3) is 0 Å². The van der Waals surface area contributed by atoms with Gasteiger partial charge in [-0.25, -0.2) is 0 Å². The smallest absolute Gasteiger partial charge is 0.255 e. The first-order valence-electron chi connectivity index (χ1n) is 6.99. The van der Waals surface area contributed by atoms with Gasteiger partial charge >= 0.3 is 0 Å². The Labute approximate surface area is 132 Å². The number of carbonyl (C=O) groups excluding carboxylic acids is 2. The zero-order chi connectivity index (χ0) is 14.1. The van der Waals surface area contributed by atoms with Crippen molar-refractivity contribution in [3.05, 3.63) is 33.4 Å². The van der Waals surface area contributed by atoms with Crippen LogP contribution >= 0.6 is 22.6 Å². The summed E-state index contributed by atoms with van der Waals surface area (Å²) in [7, 11) is 0. The molecule has 1 heterocycles. The van der Waals surface area contributed by atoms with Gasteiger partial charge in [0.1, 0.15) is 0 Å². The molecular formula is C15H17IN2O2. The molecule has 2 fully saturated rings. The molecule has 106 valence electrons. The SMILES string of the molecule is O=C(c1ccccc1I)N1CCN(C(=O)C2CC2)CC1. The summed E-state index contributed by atoms with van der Waals surface area (Å²) >= 11 is 2.19. The summed E-state index contributed by atoms with van der Waals surface area (Å²) in [6.07, 6.45) is 2.08. The second kappa shape index (κ2) is 5.71. The Hall–Kier alpha value is -1.11. The van der Waals surface area contributed by atoms with Crippen molar-refractivity contribution in [2.75, 3.05) is 26.2 Å². The van der Waals surface area contributed by atoms with Crippen LogP contribution in [0.4, 0.5) is 0 Å². The summed E-state index contributed by atoms with van der Waals surface area (Å²) in [5.74, 6) is 0.632. The van der Waals surface area contributed by atoms with Gasteiger partial charge in [0.2, 0.25) is 5.91 Å². The zero-order valence-corrected chi connectivity index (χ0v) is 13.4. The van der Waals surface area contributed by atoms with Gasteiger partial charge in [-0.2, -0.15) is 0 Å². The molecule has 0 bridgehead atoms. The largest absolute Gasteiger partial charge is 0.339 e. The molecule has 0 unspecified atom stereocenters. The van der Waals surface area contributed by atoms with Crippen molar-refractivity contribution in [3.63, 3.8) is 0 Å². The number of hydrogen-bond acceptors (Lipinski definition) is 2. The number of nitrogens with zero attached hydrogens (tertiary/aromatic N) is 2. The number of halogens is 1. The van der Waals surface area contributed by atoms with E-state index in [1.165, 1.54) is 0 Å². The van der Waals surface area contributed by atoms with Gasteiger partial charge in [-0.05, 0) is 47.6 Å². The minimum atomic E-state index is 0.0773. The number of amides is 2. The molecule has 2 aliphatic rings. The lowest BCUT2D eigenvalue weighted by atomic mass is 10.2. The number of benzene rings is 1. The molecule has 0 atom stereocenters. The highest BCUT2D eigenvalue weighted by Gasteiger charge is 2.35. The highest BCUT2D eigenvalue weighted by Crippen LogP contribution is 2.31. The molecule has 1 saturated heterocycles. The van der Waals surface area contributed by atoms with Crippen LogP contribution < -0.4 is 0 Å². The van der Waals surface area contributed by atoms with E-state index in [0.29, 0.717) is 26.2 Å². The van der Waals surface area contributed by atoms with Gasteiger partial charge in [0.05, 0.1) is 5.56 Å². The Bertz CT molecular complexity index is 534. The van der Waals surface area contributed by atoms with E-state index in [9.17, 15) is 9.59 Å². The van der Waals surface area contributed by atoms with Crippen LogP contribution in [0.15, 0.2) is 24.3 Å². The summed E-state index contributed by atoms with van der Waals surface area (Å²) in [6.45, 7) is 2.62. The van der Waals surface area contributed by atoms with Gasteiger partial charge in [0, 0.05) is 35.7 Å². The molecule has 0 spiro atoms. The number of hydrogen-bond donors (Lipinski definition) is 0. The fraction of sp³-hybridized carbons (Fsp3) is 0.467. The summed E-state index contributed by atoms with van der Waals surface area (Å²) in [6, 6.07) is 7.64. The van der Waals surface area contributed by atoms with E-state index in [4.69, 9.17) is 0 Å². The van der Waals surface area contributed by atoms with Crippen LogP contribution in [0.3, 0.4) is 0 Å². The minimum absolute atomic E-state index is 0.0773. The number of rotatable bonds is 2. The Morgan fingerprint density at radius 3 is 2.20 bits per heavy atom. The molecule has 0 radical (unpaired) electrons. The van der Waals surface area contributed by atoms with Gasteiger partial charge in [0.15, 0.2) is 0 Å². The molecule has 3 rings (SSSR count). The van der Waals surface area contributed by atoms with Crippen molar-refractivity contribution in [2.24, 2.45) is 5.92 Å². The monoisotopic (exact) mass is 384 g/mol. The second-order valence-corrected chi connectivity index (χ2v) is 6.53. The fourth-order valence-corrected chi connectivity index (χ4v) is 3.14. The molecule has 4 nitrogen and oxygen atoms in total. The topological polar surface area (TPSA) is 40.6 Å². The molecule has 1 aliphatic heterocycles. The van der Waals surface area contributed by atoms with Gasteiger partial charge in [0.25, 0.3) is 5.91 Å². The van der Waals surface area contributed by atoms with Crippen LogP contribution in [0.5, 0.6) is 0 Å². The summed E-state index contributed by atoms with van der Waals surface area (Å²) in [5, 5.41) is 0. The van der Waals surface area contributed by atoms with E-state index in [1.807, 2.05) is 34.1 Å². The highest BCUT2D eigenvalue weighted by molar-refractivity contribution is 14.1. The Morgan fingerprint density at radius 1 is 1.00 bits per heavy atom. The molecular weight excluding hydrogens is 367 g/mol. The first-order chi connectivity index (χ1) is 9.66. The molecule has 0 aromatic heterocycles. The van der Waals surface area contributed by atoms with Crippen LogP contribution in [-0.4, -0.2) is 47.8 Å². The lowest BCUT2D eigenvalue weighted by Crippen LogP contribution is -2.51. The van der Waals surface area contributed by atoms with E-state index in [2.05, 4.69) is 22.6 Å². The second-order valence-electron chi connectivity index (χ2n) is 5.37. The van der Waals surface area contributed by atoms with Gasteiger partial charge in [-0.15, -0.1) is 0 Å². The number of piperazine rings is 1. The van der Waals surface area contributed by atoms with E-state index >= 15 is 0 Å². The van der Waals surface area contributed by atoms with Crippen molar-refractivity contribution in [1.29, 1.82) is 0 Å². The maximum Gasteiger partial charge on any atom is 0.255 e. The third-order valence-corrected chi connectivity index (χ3v) is 4.85. The maximum atomic E-state index is 12.5. The van der Waals surface area contributed by atoms with E-state index in [1.54, 1.807) is 0 Å². The Kier molecular flexibility index (Phi) is 3.96. The maximum absolute atomic E-state index is 12.5. The van der Waals surface area contributed by atoms with Crippen LogP contribution in [0, 0.1) is 9.49 Å². The molecule has 1 aromatic carbocycles. The minimum Gasteiger partial charge on any atom is -0.339 e. The Balaban J connectivity index is 1.61. The first-order valence-corrected chi connectivity index (χ1v) is 8.07. The molecule has 5 heteroatoms. The van der Waals surface area contributed by atoms with E-state index in [-0.39, 0.29) is 17.7 Å². The average Bonchev–Trinajstić information content (AvgIpc) is 3.31. The van der Waals surface area contributed by atoms with Gasteiger partial charge in [-0.3, -0.25) is 9.59 Å². The molecule has 1 aliphatic carbocycles. The molecule has 1 aromatic rings. The van der Waals surface area contributed by atoms with E-state index in [0.717, 1.165) is 22.0 Å². The Morgan fingerprint density at radius 2 is 1.60 bits per heavy atom. The van der Waals surface area contributed by atoms with Crippen molar-refractivity contribution < 1.29 is 9.59 Å². The third kappa shape index (κ3) is 2.82. The quantitative estimate of drug-likeness (QED) is 0.732. The van der Waals surface area contributed by atoms with Gasteiger partial charge in [-0.1, -0.05) is 12.1 Å². The fourth-order valence-electron chi connectivity index (χ4n) is 2.52. The number of carbonyl (C=O) groups is 2.